The molecule has 4 atom stereocenters. The number of carbonyl (C=O) groups is 1. The lowest BCUT2D eigenvalue weighted by molar-refractivity contribution is -0.178. The van der Waals surface area contributed by atoms with Gasteiger partial charge in [0.1, 0.15) is 5.75 Å². The van der Waals surface area contributed by atoms with Gasteiger partial charge in [-0.3, -0.25) is 9.69 Å². The Labute approximate surface area is 229 Å². The molecule has 2 unspecified atom stereocenters. The molecular formula is C30H36Cl2N2O3. The summed E-state index contributed by atoms with van der Waals surface area (Å²) in [6.07, 6.45) is 6.64. The van der Waals surface area contributed by atoms with Gasteiger partial charge in [-0.15, -0.1) is 0 Å². The number of nitrogens with zero attached hydrogens (tertiary/aromatic N) is 2. The van der Waals surface area contributed by atoms with Crippen LogP contribution in [0.25, 0.3) is 0 Å². The molecule has 3 aliphatic carbocycles. The van der Waals surface area contributed by atoms with Gasteiger partial charge in [-0.1, -0.05) is 35.3 Å². The second kappa shape index (κ2) is 9.15. The van der Waals surface area contributed by atoms with Gasteiger partial charge in [0.25, 0.3) is 0 Å². The summed E-state index contributed by atoms with van der Waals surface area (Å²) in [6.45, 7) is 4.01. The molecule has 4 aliphatic rings. The van der Waals surface area contributed by atoms with Crippen LogP contribution in [-0.2, 0) is 23.1 Å². The zero-order valence-corrected chi connectivity index (χ0v) is 23.2. The standard InChI is InChI=1S/C30H36Cl2N2O3/c1-18-25(35)8-6-21-15-26-30(37)10-9-22(33(2)27(36)14-20-5-7-23(31)24(32)13-20)16-29(30,28(18)21)11-12-34(26)17-19-3-4-19/h5-8,13,19,22,26,35,37H,3-4,9-12,14-17H2,1-2H3/t22?,26-,29+,30?/m0/s1. The number of hydrogen-bond donors (Lipinski definition) is 2. The number of aliphatic hydroxyl groups is 1. The Morgan fingerprint density at radius 3 is 2.65 bits per heavy atom. The van der Waals surface area contributed by atoms with Gasteiger partial charge in [0.15, 0.2) is 0 Å². The molecule has 2 aromatic rings. The molecule has 0 radical (unpaired) electrons. The van der Waals surface area contributed by atoms with Gasteiger partial charge in [0.05, 0.1) is 22.1 Å². The van der Waals surface area contributed by atoms with Crippen LogP contribution in [0.15, 0.2) is 30.3 Å². The van der Waals surface area contributed by atoms with Crippen LogP contribution in [0.4, 0.5) is 0 Å². The first kappa shape index (κ1) is 25.5. The third-order valence-electron chi connectivity index (χ3n) is 9.97. The van der Waals surface area contributed by atoms with Crippen molar-refractivity contribution >= 4 is 29.1 Å². The van der Waals surface area contributed by atoms with Gasteiger partial charge in [-0.25, -0.2) is 0 Å². The summed E-state index contributed by atoms with van der Waals surface area (Å²) >= 11 is 12.3. The number of hydrogen-bond acceptors (Lipinski definition) is 4. The number of benzene rings is 2. The van der Waals surface area contributed by atoms with Crippen molar-refractivity contribution in [2.45, 2.75) is 81.4 Å². The number of amides is 1. The minimum Gasteiger partial charge on any atom is -0.508 e. The van der Waals surface area contributed by atoms with Gasteiger partial charge in [-0.05, 0) is 105 Å². The molecule has 1 saturated heterocycles. The van der Waals surface area contributed by atoms with E-state index in [1.54, 1.807) is 12.1 Å². The maximum atomic E-state index is 13.4. The van der Waals surface area contributed by atoms with Crippen molar-refractivity contribution in [2.24, 2.45) is 5.92 Å². The van der Waals surface area contributed by atoms with E-state index in [-0.39, 0.29) is 24.4 Å². The van der Waals surface area contributed by atoms with Crippen LogP contribution < -0.4 is 0 Å². The first-order valence-electron chi connectivity index (χ1n) is 13.6. The number of halogens is 2. The molecule has 198 valence electrons. The summed E-state index contributed by atoms with van der Waals surface area (Å²) in [7, 11) is 1.89. The van der Waals surface area contributed by atoms with Gasteiger partial charge < -0.3 is 15.1 Å². The normalized spacial score (nSPS) is 30.9. The highest BCUT2D eigenvalue weighted by atomic mass is 35.5. The summed E-state index contributed by atoms with van der Waals surface area (Å²) in [4.78, 5) is 17.8. The molecule has 3 fully saturated rings. The number of aromatic hydroxyl groups is 1. The van der Waals surface area contributed by atoms with E-state index in [0.717, 1.165) is 55.0 Å². The van der Waals surface area contributed by atoms with Crippen molar-refractivity contribution in [1.82, 2.24) is 9.80 Å². The molecule has 1 heterocycles. The Morgan fingerprint density at radius 2 is 1.92 bits per heavy atom. The predicted molar refractivity (Wildman–Crippen MR) is 146 cm³/mol. The Balaban J connectivity index is 1.33. The van der Waals surface area contributed by atoms with Crippen LogP contribution in [0, 0.1) is 12.8 Å². The van der Waals surface area contributed by atoms with Crippen molar-refractivity contribution in [3.05, 3.63) is 62.6 Å². The summed E-state index contributed by atoms with van der Waals surface area (Å²) in [5.74, 6) is 1.10. The fourth-order valence-electron chi connectivity index (χ4n) is 7.78. The highest BCUT2D eigenvalue weighted by Gasteiger charge is 2.65. The van der Waals surface area contributed by atoms with Crippen LogP contribution in [0.5, 0.6) is 5.75 Å². The van der Waals surface area contributed by atoms with Crippen molar-refractivity contribution < 1.29 is 15.0 Å². The van der Waals surface area contributed by atoms with E-state index in [9.17, 15) is 15.0 Å². The van der Waals surface area contributed by atoms with Crippen LogP contribution in [0.1, 0.15) is 60.8 Å². The predicted octanol–water partition coefficient (Wildman–Crippen LogP) is 5.27. The lowest BCUT2D eigenvalue weighted by Gasteiger charge is -2.65. The highest BCUT2D eigenvalue weighted by molar-refractivity contribution is 6.42. The quantitative estimate of drug-likeness (QED) is 0.540. The molecule has 6 rings (SSSR count). The van der Waals surface area contributed by atoms with Gasteiger partial charge in [-0.2, -0.15) is 0 Å². The number of fused-ring (bicyclic) bond motifs is 1. The van der Waals surface area contributed by atoms with Gasteiger partial charge >= 0.3 is 0 Å². The topological polar surface area (TPSA) is 64.0 Å². The SMILES string of the molecule is Cc1c(O)ccc2c1[C@]13CCN(CC4CC4)[C@@H](C2)C1(O)CCC(N(C)C(=O)Cc1ccc(Cl)c(Cl)c1)C3. The highest BCUT2D eigenvalue weighted by Crippen LogP contribution is 2.60. The van der Waals surface area contributed by atoms with Crippen LogP contribution in [0.3, 0.4) is 0 Å². The first-order chi connectivity index (χ1) is 17.6. The smallest absolute Gasteiger partial charge is 0.226 e. The minimum atomic E-state index is -0.865. The summed E-state index contributed by atoms with van der Waals surface area (Å²) in [5.41, 5.74) is 2.76. The average Bonchev–Trinajstić information content (AvgIpc) is 3.68. The van der Waals surface area contributed by atoms with E-state index in [2.05, 4.69) is 11.0 Å². The van der Waals surface area contributed by atoms with E-state index in [4.69, 9.17) is 23.2 Å². The number of phenolic OH excluding ortho intramolecular Hbond substituents is 1. The van der Waals surface area contributed by atoms with E-state index < -0.39 is 11.0 Å². The molecule has 2 bridgehead atoms. The van der Waals surface area contributed by atoms with E-state index >= 15 is 0 Å². The van der Waals surface area contributed by atoms with Crippen LogP contribution in [-0.4, -0.2) is 63.7 Å². The van der Waals surface area contributed by atoms with E-state index in [0.29, 0.717) is 28.6 Å². The van der Waals surface area contributed by atoms with Crippen molar-refractivity contribution in [2.75, 3.05) is 20.1 Å². The maximum absolute atomic E-state index is 13.4. The number of likely N-dealkylation sites (tertiary alicyclic amines) is 1. The molecule has 2 aromatic carbocycles. The molecular weight excluding hydrogens is 507 g/mol. The lowest BCUT2D eigenvalue weighted by Crippen LogP contribution is -2.74. The maximum Gasteiger partial charge on any atom is 0.226 e. The zero-order chi connectivity index (χ0) is 26.1. The fourth-order valence-corrected chi connectivity index (χ4v) is 8.10. The summed E-state index contributed by atoms with van der Waals surface area (Å²) in [6, 6.07) is 9.31. The fraction of sp³-hybridized carbons (Fsp3) is 0.567. The molecule has 7 heteroatoms. The molecule has 2 saturated carbocycles. The molecule has 5 nitrogen and oxygen atoms in total. The Kier molecular flexibility index (Phi) is 6.30. The largest absolute Gasteiger partial charge is 0.508 e. The molecule has 0 spiro atoms. The minimum absolute atomic E-state index is 0.0129. The number of piperidine rings is 1. The Morgan fingerprint density at radius 1 is 1.14 bits per heavy atom. The average molecular weight is 544 g/mol. The zero-order valence-electron chi connectivity index (χ0n) is 21.6. The molecule has 37 heavy (non-hydrogen) atoms. The number of carbonyl (C=O) groups excluding carboxylic acids is 1. The number of phenols is 1. The van der Waals surface area contributed by atoms with Crippen LogP contribution >= 0.6 is 23.2 Å². The monoisotopic (exact) mass is 542 g/mol. The van der Waals surface area contributed by atoms with E-state index in [1.165, 1.54) is 18.4 Å². The van der Waals surface area contributed by atoms with E-state index in [1.807, 2.05) is 31.0 Å². The van der Waals surface area contributed by atoms with Crippen molar-refractivity contribution in [1.29, 1.82) is 0 Å². The van der Waals surface area contributed by atoms with Gasteiger partial charge in [0.2, 0.25) is 5.91 Å². The Hall–Kier alpha value is -1.79. The molecule has 1 amide bonds. The van der Waals surface area contributed by atoms with Crippen LogP contribution in [0.2, 0.25) is 10.0 Å². The summed E-state index contributed by atoms with van der Waals surface area (Å²) in [5, 5.41) is 24.3. The number of likely N-dealkylation sites (N-methyl/N-ethyl adjacent to an activating group) is 1. The van der Waals surface area contributed by atoms with Crippen molar-refractivity contribution in [3.63, 3.8) is 0 Å². The lowest BCUT2D eigenvalue weighted by atomic mass is 9.48. The Bertz CT molecular complexity index is 1250. The third-order valence-corrected chi connectivity index (χ3v) is 10.7. The second-order valence-electron chi connectivity index (χ2n) is 12.0. The third kappa shape index (κ3) is 4.09. The number of rotatable bonds is 5. The van der Waals surface area contributed by atoms with Gasteiger partial charge in [0, 0.05) is 31.1 Å². The summed E-state index contributed by atoms with van der Waals surface area (Å²) < 4.78 is 0. The first-order valence-corrected chi connectivity index (χ1v) is 14.4. The molecule has 2 N–H and O–H groups in total. The molecule has 1 aliphatic heterocycles. The molecule has 0 aromatic heterocycles. The van der Waals surface area contributed by atoms with Crippen molar-refractivity contribution in [3.8, 4) is 5.75 Å². The second-order valence-corrected chi connectivity index (χ2v) is 12.8.